The first kappa shape index (κ1) is 16.8. The standard InChI is InChI=1S/C20H22BrN3O/c1-24(17-7-9-25-10-8-17)13-14-3-2-4-15(11-14)20-22-18-6-5-16(21)12-19(18)23-20/h2-6,11-12,17H,7-10,13H2,1H3,(H,22,23). The number of halogens is 1. The lowest BCUT2D eigenvalue weighted by Crippen LogP contribution is -2.36. The number of nitrogens with one attached hydrogen (secondary N) is 1. The minimum Gasteiger partial charge on any atom is -0.381 e. The number of hydrogen-bond donors (Lipinski definition) is 1. The fourth-order valence-corrected chi connectivity index (χ4v) is 3.82. The molecule has 3 aromatic rings. The van der Waals surface area contributed by atoms with Crippen LogP contribution in [-0.2, 0) is 11.3 Å². The zero-order valence-electron chi connectivity index (χ0n) is 14.3. The predicted octanol–water partition coefficient (Wildman–Crippen LogP) is 4.60. The third-order valence-corrected chi connectivity index (χ3v) is 5.38. The number of imidazole rings is 1. The molecule has 1 aliphatic heterocycles. The van der Waals surface area contributed by atoms with Crippen LogP contribution in [0.1, 0.15) is 18.4 Å². The molecule has 0 amide bonds. The van der Waals surface area contributed by atoms with Crippen molar-refractivity contribution in [2.45, 2.75) is 25.4 Å². The van der Waals surface area contributed by atoms with E-state index in [0.717, 1.165) is 59.5 Å². The highest BCUT2D eigenvalue weighted by Gasteiger charge is 2.18. The Balaban J connectivity index is 1.55. The first-order valence-corrected chi connectivity index (χ1v) is 9.51. The number of nitrogens with zero attached hydrogens (tertiary/aromatic N) is 2. The minimum absolute atomic E-state index is 0.612. The second kappa shape index (κ2) is 7.28. The highest BCUT2D eigenvalue weighted by atomic mass is 79.9. The molecule has 0 radical (unpaired) electrons. The molecular formula is C20H22BrN3O. The van der Waals surface area contributed by atoms with Crippen LogP contribution in [0.15, 0.2) is 46.9 Å². The molecule has 4 nitrogen and oxygen atoms in total. The molecule has 1 aliphatic rings. The largest absolute Gasteiger partial charge is 0.381 e. The fraction of sp³-hybridized carbons (Fsp3) is 0.350. The van der Waals surface area contributed by atoms with Gasteiger partial charge in [0.15, 0.2) is 0 Å². The number of ether oxygens (including phenoxy) is 1. The molecule has 1 aromatic heterocycles. The van der Waals surface area contributed by atoms with Crippen molar-refractivity contribution in [1.82, 2.24) is 14.9 Å². The second-order valence-electron chi connectivity index (χ2n) is 6.71. The smallest absolute Gasteiger partial charge is 0.138 e. The van der Waals surface area contributed by atoms with E-state index in [2.05, 4.69) is 63.2 Å². The summed E-state index contributed by atoms with van der Waals surface area (Å²) >= 11 is 3.51. The Morgan fingerprint density at radius 2 is 2.04 bits per heavy atom. The van der Waals surface area contributed by atoms with Crippen LogP contribution in [0.2, 0.25) is 0 Å². The van der Waals surface area contributed by atoms with Gasteiger partial charge in [-0.25, -0.2) is 4.98 Å². The van der Waals surface area contributed by atoms with Crippen LogP contribution in [-0.4, -0.2) is 41.2 Å². The Kier molecular flexibility index (Phi) is 4.88. The van der Waals surface area contributed by atoms with Crippen molar-refractivity contribution >= 4 is 27.0 Å². The lowest BCUT2D eigenvalue weighted by Gasteiger charge is -2.31. The van der Waals surface area contributed by atoms with E-state index in [0.29, 0.717) is 6.04 Å². The molecule has 0 aliphatic carbocycles. The number of fused-ring (bicyclic) bond motifs is 1. The number of H-pyrrole nitrogens is 1. The molecule has 0 atom stereocenters. The van der Waals surface area contributed by atoms with Gasteiger partial charge in [0, 0.05) is 35.8 Å². The van der Waals surface area contributed by atoms with Gasteiger partial charge in [0.25, 0.3) is 0 Å². The minimum atomic E-state index is 0.612. The molecule has 2 heterocycles. The van der Waals surface area contributed by atoms with Gasteiger partial charge < -0.3 is 9.72 Å². The molecule has 0 bridgehead atoms. The zero-order chi connectivity index (χ0) is 17.2. The zero-order valence-corrected chi connectivity index (χ0v) is 15.9. The lowest BCUT2D eigenvalue weighted by atomic mass is 10.1. The third-order valence-electron chi connectivity index (χ3n) is 4.89. The van der Waals surface area contributed by atoms with E-state index in [1.54, 1.807) is 0 Å². The van der Waals surface area contributed by atoms with E-state index in [1.807, 2.05) is 12.1 Å². The molecule has 4 rings (SSSR count). The van der Waals surface area contributed by atoms with Gasteiger partial charge in [-0.05, 0) is 49.7 Å². The summed E-state index contributed by atoms with van der Waals surface area (Å²) in [6.07, 6.45) is 2.24. The van der Waals surface area contributed by atoms with Gasteiger partial charge >= 0.3 is 0 Å². The second-order valence-corrected chi connectivity index (χ2v) is 7.62. The SMILES string of the molecule is CN(Cc1cccc(-c2nc3cc(Br)ccc3[nH]2)c1)C1CCOCC1. The van der Waals surface area contributed by atoms with E-state index in [4.69, 9.17) is 9.72 Å². The predicted molar refractivity (Wildman–Crippen MR) is 105 cm³/mol. The molecule has 1 N–H and O–H groups in total. The Bertz CT molecular complexity index is 870. The summed E-state index contributed by atoms with van der Waals surface area (Å²) in [5.41, 5.74) is 4.48. The van der Waals surface area contributed by atoms with Crippen molar-refractivity contribution in [2.24, 2.45) is 0 Å². The quantitative estimate of drug-likeness (QED) is 0.696. The Morgan fingerprint density at radius 3 is 2.88 bits per heavy atom. The van der Waals surface area contributed by atoms with Gasteiger partial charge in [-0.15, -0.1) is 0 Å². The third kappa shape index (κ3) is 3.78. The van der Waals surface area contributed by atoms with Crippen molar-refractivity contribution in [1.29, 1.82) is 0 Å². The van der Waals surface area contributed by atoms with E-state index in [1.165, 1.54) is 5.56 Å². The number of aromatic amines is 1. The number of rotatable bonds is 4. The molecule has 0 saturated carbocycles. The summed E-state index contributed by atoms with van der Waals surface area (Å²) in [6, 6.07) is 15.4. The fourth-order valence-electron chi connectivity index (χ4n) is 3.48. The molecular weight excluding hydrogens is 378 g/mol. The van der Waals surface area contributed by atoms with Gasteiger partial charge in [-0.2, -0.15) is 0 Å². The molecule has 130 valence electrons. The van der Waals surface area contributed by atoms with Crippen molar-refractivity contribution in [3.05, 3.63) is 52.5 Å². The summed E-state index contributed by atoms with van der Waals surface area (Å²) in [5, 5.41) is 0. The van der Waals surface area contributed by atoms with Crippen LogP contribution in [0.5, 0.6) is 0 Å². The number of benzene rings is 2. The maximum atomic E-state index is 5.47. The molecule has 5 heteroatoms. The molecule has 0 spiro atoms. The van der Waals surface area contributed by atoms with E-state index < -0.39 is 0 Å². The topological polar surface area (TPSA) is 41.2 Å². The molecule has 1 fully saturated rings. The van der Waals surface area contributed by atoms with Crippen molar-refractivity contribution in [2.75, 3.05) is 20.3 Å². The van der Waals surface area contributed by atoms with Gasteiger partial charge in [0.2, 0.25) is 0 Å². The average molecular weight is 400 g/mol. The summed E-state index contributed by atoms with van der Waals surface area (Å²) in [5.74, 6) is 0.920. The molecule has 1 saturated heterocycles. The van der Waals surface area contributed by atoms with E-state index >= 15 is 0 Å². The monoisotopic (exact) mass is 399 g/mol. The Hall–Kier alpha value is -1.69. The lowest BCUT2D eigenvalue weighted by molar-refractivity contribution is 0.0407. The van der Waals surface area contributed by atoms with Crippen LogP contribution >= 0.6 is 15.9 Å². The van der Waals surface area contributed by atoms with Crippen LogP contribution in [0.4, 0.5) is 0 Å². The summed E-state index contributed by atoms with van der Waals surface area (Å²) in [4.78, 5) is 10.6. The Labute approximate surface area is 156 Å². The maximum Gasteiger partial charge on any atom is 0.138 e. The van der Waals surface area contributed by atoms with Crippen LogP contribution in [0, 0.1) is 0 Å². The van der Waals surface area contributed by atoms with Crippen LogP contribution in [0.25, 0.3) is 22.4 Å². The number of hydrogen-bond acceptors (Lipinski definition) is 3. The van der Waals surface area contributed by atoms with Crippen LogP contribution < -0.4 is 0 Å². The molecule has 25 heavy (non-hydrogen) atoms. The summed E-state index contributed by atoms with van der Waals surface area (Å²) in [6.45, 7) is 2.71. The van der Waals surface area contributed by atoms with Crippen molar-refractivity contribution < 1.29 is 4.74 Å². The van der Waals surface area contributed by atoms with E-state index in [-0.39, 0.29) is 0 Å². The highest BCUT2D eigenvalue weighted by Crippen LogP contribution is 2.24. The highest BCUT2D eigenvalue weighted by molar-refractivity contribution is 9.10. The van der Waals surface area contributed by atoms with Gasteiger partial charge in [-0.3, -0.25) is 4.90 Å². The maximum absolute atomic E-state index is 5.47. The summed E-state index contributed by atoms with van der Waals surface area (Å²) < 4.78 is 6.52. The first-order chi connectivity index (χ1) is 12.2. The average Bonchev–Trinajstić information content (AvgIpc) is 3.06. The first-order valence-electron chi connectivity index (χ1n) is 8.71. The van der Waals surface area contributed by atoms with Crippen molar-refractivity contribution in [3.8, 4) is 11.4 Å². The number of aromatic nitrogens is 2. The van der Waals surface area contributed by atoms with Crippen LogP contribution in [0.3, 0.4) is 0 Å². The molecule has 2 aromatic carbocycles. The van der Waals surface area contributed by atoms with Gasteiger partial charge in [-0.1, -0.05) is 34.1 Å². The normalized spacial score (nSPS) is 16.0. The van der Waals surface area contributed by atoms with Gasteiger partial charge in [0.1, 0.15) is 5.82 Å². The molecule has 0 unspecified atom stereocenters. The summed E-state index contributed by atoms with van der Waals surface area (Å²) in [7, 11) is 2.21. The van der Waals surface area contributed by atoms with Gasteiger partial charge in [0.05, 0.1) is 11.0 Å². The van der Waals surface area contributed by atoms with E-state index in [9.17, 15) is 0 Å². The Morgan fingerprint density at radius 1 is 1.20 bits per heavy atom. The van der Waals surface area contributed by atoms with Crippen molar-refractivity contribution in [3.63, 3.8) is 0 Å².